The van der Waals surface area contributed by atoms with Gasteiger partial charge in [-0.3, -0.25) is 0 Å². The molecule has 0 aromatic heterocycles. The second kappa shape index (κ2) is 7.32. The van der Waals surface area contributed by atoms with Crippen LogP contribution in [0.15, 0.2) is 24.8 Å². The van der Waals surface area contributed by atoms with Crippen LogP contribution in [0.3, 0.4) is 0 Å². The minimum atomic E-state index is -5.12. The maximum absolute atomic E-state index is 13.6. The van der Waals surface area contributed by atoms with E-state index in [1.54, 1.807) is 0 Å². The van der Waals surface area contributed by atoms with E-state index < -0.39 is 23.7 Å². The van der Waals surface area contributed by atoms with Crippen LogP contribution in [-0.2, 0) is 6.42 Å². The second-order valence-electron chi connectivity index (χ2n) is 5.99. The summed E-state index contributed by atoms with van der Waals surface area (Å²) >= 11 is 0. The Labute approximate surface area is 132 Å². The maximum atomic E-state index is 13.6. The summed E-state index contributed by atoms with van der Waals surface area (Å²) in [6.07, 6.45) is 2.25. The number of allylic oxidation sites excluding steroid dienone is 1. The van der Waals surface area contributed by atoms with E-state index in [4.69, 9.17) is 0 Å². The Bertz CT molecular complexity index is 521. The number of halogens is 5. The van der Waals surface area contributed by atoms with Crippen LogP contribution < -0.4 is 4.74 Å². The van der Waals surface area contributed by atoms with Crippen LogP contribution >= 0.6 is 0 Å². The molecule has 1 saturated carbocycles. The normalized spacial score (nSPS) is 22.0. The fourth-order valence-electron chi connectivity index (χ4n) is 3.05. The summed E-state index contributed by atoms with van der Waals surface area (Å²) in [6, 6.07) is 1.83. The lowest BCUT2D eigenvalue weighted by molar-refractivity contribution is -0.276. The standard InChI is InChI=1S/C17H19F5O/c1-2-11-3-5-12(6-4-11)7-8-13-9-14(18)16(15(19)10-13)23-17(20,21)22/h2,9-12H,1,3-8H2. The van der Waals surface area contributed by atoms with Gasteiger partial charge in [-0.2, -0.15) is 0 Å². The van der Waals surface area contributed by atoms with Crippen molar-refractivity contribution in [2.75, 3.05) is 0 Å². The van der Waals surface area contributed by atoms with Crippen LogP contribution in [0.1, 0.15) is 37.7 Å². The summed E-state index contributed by atoms with van der Waals surface area (Å²) < 4.78 is 66.9. The Hall–Kier alpha value is -1.59. The molecule has 1 fully saturated rings. The average molecular weight is 334 g/mol. The fourth-order valence-corrected chi connectivity index (χ4v) is 3.05. The molecule has 1 aromatic rings. The Balaban J connectivity index is 1.95. The molecule has 0 atom stereocenters. The van der Waals surface area contributed by atoms with Crippen LogP contribution in [0, 0.1) is 23.5 Å². The molecule has 1 aromatic carbocycles. The summed E-state index contributed by atoms with van der Waals surface area (Å²) in [4.78, 5) is 0. The van der Waals surface area contributed by atoms with Crippen LogP contribution in [0.4, 0.5) is 22.0 Å². The third-order valence-corrected chi connectivity index (χ3v) is 4.34. The van der Waals surface area contributed by atoms with Gasteiger partial charge in [-0.1, -0.05) is 6.08 Å². The Morgan fingerprint density at radius 3 is 2.13 bits per heavy atom. The molecule has 1 nitrogen and oxygen atoms in total. The van der Waals surface area contributed by atoms with Gasteiger partial charge in [0, 0.05) is 0 Å². The Morgan fingerprint density at radius 1 is 1.09 bits per heavy atom. The van der Waals surface area contributed by atoms with E-state index in [2.05, 4.69) is 11.3 Å². The SMILES string of the molecule is C=CC1CCC(CCc2cc(F)c(OC(F)(F)F)c(F)c2)CC1. The quantitative estimate of drug-likeness (QED) is 0.489. The monoisotopic (exact) mass is 334 g/mol. The zero-order chi connectivity index (χ0) is 17.0. The van der Waals surface area contributed by atoms with E-state index in [1.165, 1.54) is 0 Å². The van der Waals surface area contributed by atoms with Crippen molar-refractivity contribution >= 4 is 0 Å². The second-order valence-corrected chi connectivity index (χ2v) is 5.99. The zero-order valence-corrected chi connectivity index (χ0v) is 12.6. The van der Waals surface area contributed by atoms with E-state index >= 15 is 0 Å². The highest BCUT2D eigenvalue weighted by Gasteiger charge is 2.34. The van der Waals surface area contributed by atoms with Gasteiger partial charge in [0.2, 0.25) is 5.75 Å². The van der Waals surface area contributed by atoms with E-state index in [0.717, 1.165) is 44.2 Å². The van der Waals surface area contributed by atoms with Crippen LogP contribution in [0.2, 0.25) is 0 Å². The minimum Gasteiger partial charge on any atom is -0.399 e. The first kappa shape index (κ1) is 17.8. The van der Waals surface area contributed by atoms with Crippen molar-refractivity contribution in [1.82, 2.24) is 0 Å². The molecule has 0 N–H and O–H groups in total. The maximum Gasteiger partial charge on any atom is 0.573 e. The smallest absolute Gasteiger partial charge is 0.399 e. The van der Waals surface area contributed by atoms with E-state index in [9.17, 15) is 22.0 Å². The fraction of sp³-hybridized carbons (Fsp3) is 0.529. The van der Waals surface area contributed by atoms with Gasteiger partial charge in [0.25, 0.3) is 0 Å². The average Bonchev–Trinajstić information content (AvgIpc) is 2.48. The largest absolute Gasteiger partial charge is 0.573 e. The number of hydrogen-bond acceptors (Lipinski definition) is 1. The predicted molar refractivity (Wildman–Crippen MR) is 77.0 cm³/mol. The molecule has 0 bridgehead atoms. The third-order valence-electron chi connectivity index (χ3n) is 4.34. The van der Waals surface area contributed by atoms with Crippen LogP contribution in [0.25, 0.3) is 0 Å². The number of alkyl halides is 3. The van der Waals surface area contributed by atoms with Crippen molar-refractivity contribution in [3.8, 4) is 5.75 Å². The molecule has 0 heterocycles. The van der Waals surface area contributed by atoms with Crippen molar-refractivity contribution in [2.24, 2.45) is 11.8 Å². The molecule has 1 aliphatic carbocycles. The van der Waals surface area contributed by atoms with Crippen molar-refractivity contribution in [3.05, 3.63) is 42.0 Å². The van der Waals surface area contributed by atoms with Crippen molar-refractivity contribution in [3.63, 3.8) is 0 Å². The van der Waals surface area contributed by atoms with Gasteiger partial charge in [-0.05, 0) is 68.1 Å². The first-order valence-electron chi connectivity index (χ1n) is 7.64. The number of hydrogen-bond donors (Lipinski definition) is 0. The lowest BCUT2D eigenvalue weighted by Crippen LogP contribution is -2.19. The highest BCUT2D eigenvalue weighted by molar-refractivity contribution is 5.31. The molecule has 0 spiro atoms. The Morgan fingerprint density at radius 2 is 1.65 bits per heavy atom. The van der Waals surface area contributed by atoms with Gasteiger partial charge < -0.3 is 4.74 Å². The first-order chi connectivity index (χ1) is 10.8. The van der Waals surface area contributed by atoms with Crippen molar-refractivity contribution in [2.45, 2.75) is 44.9 Å². The molecular weight excluding hydrogens is 315 g/mol. The molecule has 0 amide bonds. The zero-order valence-electron chi connectivity index (χ0n) is 12.6. The van der Waals surface area contributed by atoms with Crippen LogP contribution in [-0.4, -0.2) is 6.36 Å². The number of rotatable bonds is 5. The molecule has 1 aliphatic rings. The molecule has 0 unspecified atom stereocenters. The topological polar surface area (TPSA) is 9.23 Å². The highest BCUT2D eigenvalue weighted by atomic mass is 19.4. The highest BCUT2D eigenvalue weighted by Crippen LogP contribution is 2.33. The minimum absolute atomic E-state index is 0.348. The Kier molecular flexibility index (Phi) is 5.65. The summed E-state index contributed by atoms with van der Waals surface area (Å²) in [5, 5.41) is 0. The third kappa shape index (κ3) is 5.22. The summed E-state index contributed by atoms with van der Waals surface area (Å²) in [5.41, 5.74) is 0.348. The van der Waals surface area contributed by atoms with Gasteiger partial charge in [-0.25, -0.2) is 8.78 Å². The lowest BCUT2D eigenvalue weighted by atomic mass is 9.79. The number of benzene rings is 1. The van der Waals surface area contributed by atoms with Crippen LogP contribution in [0.5, 0.6) is 5.75 Å². The van der Waals surface area contributed by atoms with Gasteiger partial charge in [0.05, 0.1) is 0 Å². The number of aryl methyl sites for hydroxylation is 1. The molecule has 2 rings (SSSR count). The summed E-state index contributed by atoms with van der Waals surface area (Å²) in [7, 11) is 0. The lowest BCUT2D eigenvalue weighted by Gasteiger charge is -2.26. The molecule has 128 valence electrons. The molecule has 6 heteroatoms. The van der Waals surface area contributed by atoms with Crippen molar-refractivity contribution < 1.29 is 26.7 Å². The first-order valence-corrected chi connectivity index (χ1v) is 7.64. The summed E-state index contributed by atoms with van der Waals surface area (Å²) in [5.74, 6) is -3.03. The predicted octanol–water partition coefficient (Wildman–Crippen LogP) is 5.79. The molecule has 23 heavy (non-hydrogen) atoms. The van der Waals surface area contributed by atoms with Gasteiger partial charge in [0.1, 0.15) is 0 Å². The summed E-state index contributed by atoms with van der Waals surface area (Å²) in [6.45, 7) is 3.78. The van der Waals surface area contributed by atoms with E-state index in [0.29, 0.717) is 23.8 Å². The molecule has 0 saturated heterocycles. The van der Waals surface area contributed by atoms with Gasteiger partial charge in [-0.15, -0.1) is 19.8 Å². The van der Waals surface area contributed by atoms with Gasteiger partial charge >= 0.3 is 6.36 Å². The molecular formula is C17H19F5O. The van der Waals surface area contributed by atoms with E-state index in [-0.39, 0.29) is 0 Å². The number of ether oxygens (including phenoxy) is 1. The van der Waals surface area contributed by atoms with Gasteiger partial charge in [0.15, 0.2) is 11.6 Å². The molecule has 0 aliphatic heterocycles. The van der Waals surface area contributed by atoms with Crippen molar-refractivity contribution in [1.29, 1.82) is 0 Å². The molecule has 0 radical (unpaired) electrons. The van der Waals surface area contributed by atoms with E-state index in [1.807, 2.05) is 6.08 Å².